The Hall–Kier alpha value is -1.15. The Morgan fingerprint density at radius 3 is 3.00 bits per heavy atom. The van der Waals surface area contributed by atoms with Crippen LogP contribution in [0.4, 0.5) is 0 Å². The summed E-state index contributed by atoms with van der Waals surface area (Å²) in [6.07, 6.45) is 1.59. The third kappa shape index (κ3) is 1.92. The van der Waals surface area contributed by atoms with Crippen molar-refractivity contribution in [3.05, 3.63) is 36.2 Å². The maximum absolute atomic E-state index is 11.1. The SMILES string of the molecule is C=Cc1cccc(C(=O)CCl)n1. The number of ketones is 1. The van der Waals surface area contributed by atoms with E-state index < -0.39 is 0 Å². The van der Waals surface area contributed by atoms with Gasteiger partial charge < -0.3 is 0 Å². The van der Waals surface area contributed by atoms with Gasteiger partial charge in [0.2, 0.25) is 0 Å². The second kappa shape index (κ2) is 4.02. The van der Waals surface area contributed by atoms with Crippen molar-refractivity contribution in [2.75, 3.05) is 5.88 Å². The first-order valence-corrected chi connectivity index (χ1v) is 4.00. The molecule has 1 aromatic rings. The van der Waals surface area contributed by atoms with Crippen molar-refractivity contribution in [3.8, 4) is 0 Å². The fourth-order valence-electron chi connectivity index (χ4n) is 0.789. The summed E-state index contributed by atoms with van der Waals surface area (Å²) < 4.78 is 0. The summed E-state index contributed by atoms with van der Waals surface area (Å²) in [6.45, 7) is 3.55. The number of pyridine rings is 1. The zero-order valence-electron chi connectivity index (χ0n) is 6.46. The van der Waals surface area contributed by atoms with E-state index in [9.17, 15) is 4.79 Å². The molecule has 0 aliphatic carbocycles. The maximum Gasteiger partial charge on any atom is 0.195 e. The molecule has 0 aliphatic heterocycles. The van der Waals surface area contributed by atoms with Gasteiger partial charge in [-0.05, 0) is 18.2 Å². The quantitative estimate of drug-likeness (QED) is 0.528. The topological polar surface area (TPSA) is 30.0 Å². The van der Waals surface area contributed by atoms with Crippen molar-refractivity contribution in [2.24, 2.45) is 0 Å². The molecule has 0 fully saturated rings. The molecule has 1 aromatic heterocycles. The molecular weight excluding hydrogens is 174 g/mol. The lowest BCUT2D eigenvalue weighted by Gasteiger charge is -1.96. The van der Waals surface area contributed by atoms with Gasteiger partial charge in [0.15, 0.2) is 5.78 Å². The van der Waals surface area contributed by atoms with E-state index in [0.29, 0.717) is 11.4 Å². The first kappa shape index (κ1) is 8.94. The molecule has 12 heavy (non-hydrogen) atoms. The molecular formula is C9H8ClNO. The van der Waals surface area contributed by atoms with Gasteiger partial charge in [0.05, 0.1) is 11.6 Å². The lowest BCUT2D eigenvalue weighted by molar-refractivity contribution is 0.101. The van der Waals surface area contributed by atoms with E-state index in [1.54, 1.807) is 24.3 Å². The number of carbonyl (C=O) groups excluding carboxylic acids is 1. The van der Waals surface area contributed by atoms with Gasteiger partial charge in [-0.15, -0.1) is 11.6 Å². The Bertz CT molecular complexity index is 309. The van der Waals surface area contributed by atoms with Gasteiger partial charge in [-0.1, -0.05) is 12.6 Å². The van der Waals surface area contributed by atoms with E-state index in [1.807, 2.05) is 0 Å². The minimum absolute atomic E-state index is 0.0341. The number of Topliss-reactive ketones (excluding diaryl/α,β-unsaturated/α-hetero) is 1. The lowest BCUT2D eigenvalue weighted by atomic mass is 10.2. The van der Waals surface area contributed by atoms with Crippen molar-refractivity contribution >= 4 is 23.5 Å². The highest BCUT2D eigenvalue weighted by Crippen LogP contribution is 2.02. The zero-order valence-corrected chi connectivity index (χ0v) is 7.21. The third-order valence-electron chi connectivity index (χ3n) is 1.39. The molecule has 0 saturated heterocycles. The van der Waals surface area contributed by atoms with Gasteiger partial charge in [0, 0.05) is 0 Å². The number of nitrogens with zero attached hydrogens (tertiary/aromatic N) is 1. The number of halogens is 1. The van der Waals surface area contributed by atoms with Gasteiger partial charge in [-0.3, -0.25) is 4.79 Å². The Morgan fingerprint density at radius 2 is 2.42 bits per heavy atom. The van der Waals surface area contributed by atoms with Crippen LogP contribution in [-0.2, 0) is 0 Å². The summed E-state index contributed by atoms with van der Waals surface area (Å²) in [6, 6.07) is 5.17. The van der Waals surface area contributed by atoms with Crippen LogP contribution in [-0.4, -0.2) is 16.6 Å². The number of hydrogen-bond acceptors (Lipinski definition) is 2. The highest BCUT2D eigenvalue weighted by Gasteiger charge is 2.04. The number of carbonyl (C=O) groups is 1. The first-order valence-electron chi connectivity index (χ1n) is 3.46. The fourth-order valence-corrected chi connectivity index (χ4v) is 0.926. The number of alkyl halides is 1. The molecule has 0 atom stereocenters. The molecule has 0 spiro atoms. The van der Waals surface area contributed by atoms with Crippen LogP contribution < -0.4 is 0 Å². The molecule has 62 valence electrons. The molecule has 1 heterocycles. The molecule has 0 radical (unpaired) electrons. The average molecular weight is 182 g/mol. The summed E-state index contributed by atoms with van der Waals surface area (Å²) in [5.74, 6) is -0.200. The summed E-state index contributed by atoms with van der Waals surface area (Å²) in [4.78, 5) is 15.1. The highest BCUT2D eigenvalue weighted by atomic mass is 35.5. The van der Waals surface area contributed by atoms with E-state index in [-0.39, 0.29) is 11.7 Å². The highest BCUT2D eigenvalue weighted by molar-refractivity contribution is 6.30. The lowest BCUT2D eigenvalue weighted by Crippen LogP contribution is -2.03. The number of aromatic nitrogens is 1. The normalized spacial score (nSPS) is 9.42. The van der Waals surface area contributed by atoms with Gasteiger partial charge in [0.25, 0.3) is 0 Å². The van der Waals surface area contributed by atoms with E-state index in [1.165, 1.54) is 0 Å². The average Bonchev–Trinajstić information content (AvgIpc) is 2.17. The van der Waals surface area contributed by atoms with Crippen LogP contribution in [0.1, 0.15) is 16.2 Å². The number of hydrogen-bond donors (Lipinski definition) is 0. The van der Waals surface area contributed by atoms with E-state index in [2.05, 4.69) is 11.6 Å². The monoisotopic (exact) mass is 181 g/mol. The molecule has 0 amide bonds. The van der Waals surface area contributed by atoms with E-state index in [0.717, 1.165) is 0 Å². The van der Waals surface area contributed by atoms with Gasteiger partial charge in [-0.2, -0.15) is 0 Å². The van der Waals surface area contributed by atoms with Crippen molar-refractivity contribution in [2.45, 2.75) is 0 Å². The molecule has 0 aromatic carbocycles. The van der Waals surface area contributed by atoms with Gasteiger partial charge in [0.1, 0.15) is 5.69 Å². The summed E-state index contributed by atoms with van der Waals surface area (Å²) in [7, 11) is 0. The minimum Gasteiger partial charge on any atom is -0.291 e. The van der Waals surface area contributed by atoms with E-state index >= 15 is 0 Å². The van der Waals surface area contributed by atoms with Gasteiger partial charge >= 0.3 is 0 Å². The van der Waals surface area contributed by atoms with Crippen LogP contribution in [0.3, 0.4) is 0 Å². The predicted octanol–water partition coefficient (Wildman–Crippen LogP) is 2.15. The Morgan fingerprint density at radius 1 is 1.67 bits per heavy atom. The third-order valence-corrected chi connectivity index (χ3v) is 1.63. The second-order valence-corrected chi connectivity index (χ2v) is 2.48. The summed E-state index contributed by atoms with van der Waals surface area (Å²) >= 11 is 5.37. The molecule has 0 N–H and O–H groups in total. The Labute approximate surface area is 75.9 Å². The molecule has 0 bridgehead atoms. The molecule has 1 rings (SSSR count). The fraction of sp³-hybridized carbons (Fsp3) is 0.111. The van der Waals surface area contributed by atoms with Crippen LogP contribution in [0, 0.1) is 0 Å². The van der Waals surface area contributed by atoms with Crippen LogP contribution >= 0.6 is 11.6 Å². The van der Waals surface area contributed by atoms with E-state index in [4.69, 9.17) is 11.6 Å². The van der Waals surface area contributed by atoms with Crippen LogP contribution in [0.5, 0.6) is 0 Å². The van der Waals surface area contributed by atoms with Crippen molar-refractivity contribution < 1.29 is 4.79 Å². The largest absolute Gasteiger partial charge is 0.291 e. The van der Waals surface area contributed by atoms with Crippen molar-refractivity contribution in [3.63, 3.8) is 0 Å². The van der Waals surface area contributed by atoms with Crippen LogP contribution in [0.25, 0.3) is 6.08 Å². The minimum atomic E-state index is -0.166. The van der Waals surface area contributed by atoms with Crippen LogP contribution in [0.2, 0.25) is 0 Å². The Kier molecular flexibility index (Phi) is 3.00. The standard InChI is InChI=1S/C9H8ClNO/c1-2-7-4-3-5-8(11-7)9(12)6-10/h2-5H,1,6H2. The van der Waals surface area contributed by atoms with Gasteiger partial charge in [-0.25, -0.2) is 4.98 Å². The summed E-state index contributed by atoms with van der Waals surface area (Å²) in [5.41, 5.74) is 1.08. The molecule has 0 saturated carbocycles. The molecule has 0 aliphatic rings. The zero-order chi connectivity index (χ0) is 8.97. The summed E-state index contributed by atoms with van der Waals surface area (Å²) in [5, 5.41) is 0. The number of rotatable bonds is 3. The molecule has 2 nitrogen and oxygen atoms in total. The second-order valence-electron chi connectivity index (χ2n) is 2.21. The smallest absolute Gasteiger partial charge is 0.195 e. The Balaban J connectivity index is 3.01. The van der Waals surface area contributed by atoms with Crippen LogP contribution in [0.15, 0.2) is 24.8 Å². The molecule has 0 unspecified atom stereocenters. The first-order chi connectivity index (χ1) is 5.77. The van der Waals surface area contributed by atoms with Crippen molar-refractivity contribution in [1.29, 1.82) is 0 Å². The maximum atomic E-state index is 11.1. The van der Waals surface area contributed by atoms with Crippen molar-refractivity contribution in [1.82, 2.24) is 4.98 Å². The molecule has 3 heteroatoms. The predicted molar refractivity (Wildman–Crippen MR) is 49.4 cm³/mol.